The van der Waals surface area contributed by atoms with E-state index >= 15 is 0 Å². The molecule has 2 aromatic carbocycles. The van der Waals surface area contributed by atoms with Crippen LogP contribution in [0, 0.1) is 0 Å². The Balaban J connectivity index is 1.65. The molecule has 0 saturated heterocycles. The van der Waals surface area contributed by atoms with E-state index in [1.165, 1.54) is 22.1 Å². The van der Waals surface area contributed by atoms with E-state index in [0.29, 0.717) is 5.92 Å². The fourth-order valence-corrected chi connectivity index (χ4v) is 2.76. The van der Waals surface area contributed by atoms with Crippen LogP contribution in [0.15, 0.2) is 79.1 Å². The van der Waals surface area contributed by atoms with Gasteiger partial charge in [0.05, 0.1) is 0 Å². The van der Waals surface area contributed by atoms with E-state index in [9.17, 15) is 0 Å². The first kappa shape index (κ1) is 15.5. The van der Waals surface area contributed by atoms with Crippen molar-refractivity contribution < 1.29 is 4.57 Å². The highest BCUT2D eigenvalue weighted by Crippen LogP contribution is 2.11. The minimum Gasteiger partial charge on any atom is -0.201 e. The molecule has 0 aliphatic heterocycles. The van der Waals surface area contributed by atoms with Gasteiger partial charge in [-0.05, 0) is 11.5 Å². The molecule has 0 bridgehead atoms. The summed E-state index contributed by atoms with van der Waals surface area (Å²) in [6.07, 6.45) is 4.35. The molecule has 23 heavy (non-hydrogen) atoms. The Morgan fingerprint density at radius 1 is 0.783 bits per heavy atom. The van der Waals surface area contributed by atoms with E-state index in [4.69, 9.17) is 0 Å². The SMILES string of the molecule is CC(C)c1cc[n+](Cc2ccc(Bc3ccccc3)cc2)cc1. The van der Waals surface area contributed by atoms with Crippen molar-refractivity contribution in [3.63, 3.8) is 0 Å². The summed E-state index contributed by atoms with van der Waals surface area (Å²) < 4.78 is 2.23. The molecule has 0 saturated carbocycles. The topological polar surface area (TPSA) is 3.88 Å². The average molecular weight is 300 g/mol. The number of pyridine rings is 1. The molecule has 0 N–H and O–H groups in total. The summed E-state index contributed by atoms with van der Waals surface area (Å²) in [7, 11) is 0.997. The second-order valence-corrected chi connectivity index (χ2v) is 6.44. The number of hydrogen-bond acceptors (Lipinski definition) is 0. The van der Waals surface area contributed by atoms with Gasteiger partial charge in [0.1, 0.15) is 0 Å². The first-order valence-corrected chi connectivity index (χ1v) is 8.31. The van der Waals surface area contributed by atoms with Gasteiger partial charge in [0.15, 0.2) is 26.2 Å². The summed E-state index contributed by atoms with van der Waals surface area (Å²) in [6.45, 7) is 5.38. The molecule has 0 atom stereocenters. The lowest BCUT2D eigenvalue weighted by Gasteiger charge is -2.04. The Labute approximate surface area is 139 Å². The van der Waals surface area contributed by atoms with E-state index in [1.54, 1.807) is 0 Å². The molecule has 0 aliphatic carbocycles. The predicted molar refractivity (Wildman–Crippen MR) is 99.1 cm³/mol. The van der Waals surface area contributed by atoms with Crippen LogP contribution in [0.5, 0.6) is 0 Å². The van der Waals surface area contributed by atoms with E-state index in [0.717, 1.165) is 13.8 Å². The van der Waals surface area contributed by atoms with Gasteiger partial charge in [-0.25, -0.2) is 4.57 Å². The standard InChI is InChI=1S/C21H23BN/c1-17(2)19-12-14-23(15-13-19)16-18-8-10-21(11-9-18)22-20-6-4-3-5-7-20/h3-15,17,22H,16H2,1-2H3/q+1. The zero-order valence-corrected chi connectivity index (χ0v) is 13.9. The van der Waals surface area contributed by atoms with Gasteiger partial charge in [-0.1, -0.05) is 79.4 Å². The molecule has 2 heteroatoms. The van der Waals surface area contributed by atoms with Crippen molar-refractivity contribution in [3.05, 3.63) is 90.3 Å². The van der Waals surface area contributed by atoms with Crippen LogP contribution in [0.1, 0.15) is 30.9 Å². The van der Waals surface area contributed by atoms with Crippen LogP contribution < -0.4 is 15.5 Å². The van der Waals surface area contributed by atoms with Gasteiger partial charge in [-0.15, -0.1) is 0 Å². The van der Waals surface area contributed by atoms with Gasteiger partial charge in [0.25, 0.3) is 0 Å². The Morgan fingerprint density at radius 2 is 1.39 bits per heavy atom. The number of nitrogens with zero attached hydrogens (tertiary/aromatic N) is 1. The Morgan fingerprint density at radius 3 is 2.00 bits per heavy atom. The third-order valence-electron chi connectivity index (χ3n) is 4.22. The van der Waals surface area contributed by atoms with Crippen LogP contribution in [-0.4, -0.2) is 7.28 Å². The van der Waals surface area contributed by atoms with E-state index in [1.807, 2.05) is 0 Å². The quantitative estimate of drug-likeness (QED) is 0.503. The highest BCUT2D eigenvalue weighted by molar-refractivity contribution is 6.67. The number of benzene rings is 2. The third-order valence-corrected chi connectivity index (χ3v) is 4.22. The first-order chi connectivity index (χ1) is 11.2. The number of aromatic nitrogens is 1. The third kappa shape index (κ3) is 4.32. The van der Waals surface area contributed by atoms with E-state index < -0.39 is 0 Å². The molecule has 1 aromatic heterocycles. The van der Waals surface area contributed by atoms with Crippen LogP contribution in [0.4, 0.5) is 0 Å². The van der Waals surface area contributed by atoms with Gasteiger partial charge in [-0.2, -0.15) is 0 Å². The second-order valence-electron chi connectivity index (χ2n) is 6.44. The lowest BCUT2D eigenvalue weighted by Crippen LogP contribution is -2.33. The van der Waals surface area contributed by atoms with Gasteiger partial charge in [0.2, 0.25) is 0 Å². The molecule has 1 nitrogen and oxygen atoms in total. The maximum Gasteiger partial charge on any atom is 0.192 e. The van der Waals surface area contributed by atoms with Crippen molar-refractivity contribution >= 4 is 18.2 Å². The Hall–Kier alpha value is -2.35. The largest absolute Gasteiger partial charge is 0.201 e. The molecule has 0 aliphatic rings. The summed E-state index contributed by atoms with van der Waals surface area (Å²) in [5.41, 5.74) is 5.45. The van der Waals surface area contributed by atoms with Crippen molar-refractivity contribution in [1.82, 2.24) is 0 Å². The Bertz CT molecular complexity index is 731. The summed E-state index contributed by atoms with van der Waals surface area (Å²) >= 11 is 0. The maximum absolute atomic E-state index is 2.24. The normalized spacial score (nSPS) is 10.7. The molecular weight excluding hydrogens is 277 g/mol. The molecule has 114 valence electrons. The molecule has 0 unspecified atom stereocenters. The zero-order valence-electron chi connectivity index (χ0n) is 13.9. The van der Waals surface area contributed by atoms with Crippen molar-refractivity contribution in [2.24, 2.45) is 0 Å². The van der Waals surface area contributed by atoms with Crippen molar-refractivity contribution in [3.8, 4) is 0 Å². The monoisotopic (exact) mass is 300 g/mol. The fourth-order valence-electron chi connectivity index (χ4n) is 2.76. The smallest absolute Gasteiger partial charge is 0.192 e. The Kier molecular flexibility index (Phi) is 4.92. The number of hydrogen-bond donors (Lipinski definition) is 0. The second kappa shape index (κ2) is 7.28. The van der Waals surface area contributed by atoms with E-state index in [2.05, 4.69) is 97.5 Å². The minimum atomic E-state index is 0.585. The molecule has 0 amide bonds. The highest BCUT2D eigenvalue weighted by Gasteiger charge is 2.06. The molecule has 3 rings (SSSR count). The van der Waals surface area contributed by atoms with Crippen LogP contribution in [0.25, 0.3) is 0 Å². The highest BCUT2D eigenvalue weighted by atomic mass is 14.9. The molecule has 0 fully saturated rings. The predicted octanol–water partition coefficient (Wildman–Crippen LogP) is 2.53. The van der Waals surface area contributed by atoms with E-state index in [-0.39, 0.29) is 0 Å². The zero-order chi connectivity index (χ0) is 16.1. The van der Waals surface area contributed by atoms with Crippen molar-refractivity contribution in [2.45, 2.75) is 26.3 Å². The van der Waals surface area contributed by atoms with Crippen LogP contribution in [0.3, 0.4) is 0 Å². The van der Waals surface area contributed by atoms with Gasteiger partial charge >= 0.3 is 0 Å². The summed E-state index contributed by atoms with van der Waals surface area (Å²) in [5.74, 6) is 0.585. The average Bonchev–Trinajstić information content (AvgIpc) is 2.58. The van der Waals surface area contributed by atoms with Gasteiger partial charge in [0, 0.05) is 17.7 Å². The molecule has 1 heterocycles. The van der Waals surface area contributed by atoms with Gasteiger partial charge < -0.3 is 0 Å². The summed E-state index contributed by atoms with van der Waals surface area (Å²) in [4.78, 5) is 0. The van der Waals surface area contributed by atoms with Crippen molar-refractivity contribution in [2.75, 3.05) is 0 Å². The van der Waals surface area contributed by atoms with Crippen molar-refractivity contribution in [1.29, 1.82) is 0 Å². The van der Waals surface area contributed by atoms with Gasteiger partial charge in [-0.3, -0.25) is 0 Å². The fraction of sp³-hybridized carbons (Fsp3) is 0.190. The van der Waals surface area contributed by atoms with Crippen LogP contribution in [0.2, 0.25) is 0 Å². The molecule has 3 aromatic rings. The summed E-state index contributed by atoms with van der Waals surface area (Å²) in [5, 5.41) is 0. The van der Waals surface area contributed by atoms with Crippen LogP contribution >= 0.6 is 0 Å². The molecule has 0 radical (unpaired) electrons. The minimum absolute atomic E-state index is 0.585. The lowest BCUT2D eigenvalue weighted by molar-refractivity contribution is -0.688. The molecular formula is C21H23BN+. The summed E-state index contributed by atoms with van der Waals surface area (Å²) in [6, 6.07) is 24.0. The lowest BCUT2D eigenvalue weighted by atomic mass is 9.64. The molecule has 0 spiro atoms. The number of rotatable bonds is 5. The first-order valence-electron chi connectivity index (χ1n) is 8.31. The van der Waals surface area contributed by atoms with Crippen LogP contribution in [-0.2, 0) is 6.54 Å². The maximum atomic E-state index is 2.24.